The first-order chi connectivity index (χ1) is 7.70. The molecule has 3 heteroatoms. The third-order valence-electron chi connectivity index (χ3n) is 4.29. The van der Waals surface area contributed by atoms with Gasteiger partial charge in [-0.05, 0) is 31.6 Å². The highest BCUT2D eigenvalue weighted by Crippen LogP contribution is 2.31. The second kappa shape index (κ2) is 5.17. The number of nitrogens with one attached hydrogen (secondary N) is 1. The highest BCUT2D eigenvalue weighted by molar-refractivity contribution is 5.83. The number of amides is 1. The predicted octanol–water partition coefficient (Wildman–Crippen LogP) is 1.98. The molecule has 1 N–H and O–H groups in total. The molecule has 1 saturated heterocycles. The van der Waals surface area contributed by atoms with E-state index in [0.717, 1.165) is 25.0 Å². The normalized spacial score (nSPS) is 35.8. The lowest BCUT2D eigenvalue weighted by Crippen LogP contribution is -2.34. The molecule has 16 heavy (non-hydrogen) atoms. The minimum Gasteiger partial charge on any atom is -0.328 e. The molecule has 1 heterocycles. The van der Waals surface area contributed by atoms with Gasteiger partial charge in [0.05, 0.1) is 12.7 Å². The van der Waals surface area contributed by atoms with Gasteiger partial charge in [-0.2, -0.15) is 0 Å². The highest BCUT2D eigenvalue weighted by Gasteiger charge is 2.30. The summed E-state index contributed by atoms with van der Waals surface area (Å²) in [6, 6.07) is 0.0342. The molecule has 3 nitrogen and oxygen atoms in total. The molecule has 0 aromatic rings. The van der Waals surface area contributed by atoms with E-state index in [-0.39, 0.29) is 11.9 Å². The average Bonchev–Trinajstić information content (AvgIpc) is 2.62. The zero-order chi connectivity index (χ0) is 11.5. The maximum Gasteiger partial charge on any atom is 0.240 e. The first kappa shape index (κ1) is 11.9. The molecule has 0 bridgehead atoms. The lowest BCUT2D eigenvalue weighted by atomic mass is 9.80. The molecule has 1 unspecified atom stereocenters. The zero-order valence-electron chi connectivity index (χ0n) is 10.5. The molecule has 0 radical (unpaired) electrons. The summed E-state index contributed by atoms with van der Waals surface area (Å²) < 4.78 is 0. The molecule has 0 aromatic heterocycles. The van der Waals surface area contributed by atoms with Gasteiger partial charge in [-0.3, -0.25) is 10.1 Å². The van der Waals surface area contributed by atoms with E-state index in [1.807, 2.05) is 11.8 Å². The molecule has 1 saturated carbocycles. The predicted molar refractivity (Wildman–Crippen MR) is 64.9 cm³/mol. The average molecular weight is 224 g/mol. The van der Waals surface area contributed by atoms with Crippen LogP contribution in [0.3, 0.4) is 0 Å². The van der Waals surface area contributed by atoms with E-state index in [1.165, 1.54) is 32.1 Å². The Labute approximate surface area is 98.6 Å². The Bertz CT molecular complexity index is 246. The molecule has 2 rings (SSSR count). The van der Waals surface area contributed by atoms with Crippen LogP contribution in [0.1, 0.15) is 46.0 Å². The van der Waals surface area contributed by atoms with E-state index in [0.29, 0.717) is 0 Å². The monoisotopic (exact) mass is 224 g/mol. The van der Waals surface area contributed by atoms with E-state index >= 15 is 0 Å². The summed E-state index contributed by atoms with van der Waals surface area (Å²) in [7, 11) is 0. The van der Waals surface area contributed by atoms with Gasteiger partial charge in [-0.1, -0.05) is 26.2 Å². The quantitative estimate of drug-likeness (QED) is 0.795. The van der Waals surface area contributed by atoms with Crippen molar-refractivity contribution in [3.05, 3.63) is 0 Å². The molecule has 1 amide bonds. The smallest absolute Gasteiger partial charge is 0.240 e. The largest absolute Gasteiger partial charge is 0.328 e. The molecule has 2 aliphatic rings. The molecule has 92 valence electrons. The molecule has 1 aliphatic heterocycles. The summed E-state index contributed by atoms with van der Waals surface area (Å²) in [4.78, 5) is 13.8. The van der Waals surface area contributed by atoms with Crippen molar-refractivity contribution in [2.24, 2.45) is 11.8 Å². The van der Waals surface area contributed by atoms with Crippen LogP contribution in [-0.2, 0) is 4.79 Å². The summed E-state index contributed by atoms with van der Waals surface area (Å²) in [5.41, 5.74) is 0. The molecule has 1 aliphatic carbocycles. The molecule has 0 aromatic carbocycles. The third-order valence-corrected chi connectivity index (χ3v) is 4.29. The van der Waals surface area contributed by atoms with Crippen molar-refractivity contribution in [3.8, 4) is 0 Å². The van der Waals surface area contributed by atoms with Crippen LogP contribution in [0.2, 0.25) is 0 Å². The van der Waals surface area contributed by atoms with E-state index in [4.69, 9.17) is 0 Å². The van der Waals surface area contributed by atoms with Gasteiger partial charge in [0.15, 0.2) is 0 Å². The number of rotatable bonds is 3. The fourth-order valence-electron chi connectivity index (χ4n) is 2.97. The first-order valence-corrected chi connectivity index (χ1v) is 6.73. The van der Waals surface area contributed by atoms with Gasteiger partial charge < -0.3 is 4.90 Å². The van der Waals surface area contributed by atoms with E-state index < -0.39 is 0 Å². The van der Waals surface area contributed by atoms with Crippen molar-refractivity contribution < 1.29 is 4.79 Å². The number of hydrogen-bond acceptors (Lipinski definition) is 2. The van der Waals surface area contributed by atoms with Crippen molar-refractivity contribution >= 4 is 5.91 Å². The standard InChI is InChI=1S/C13H24N2O/c1-3-11-4-6-12(7-5-11)8-15-9-14-10(2)13(15)16/h10-12,14H,3-9H2,1-2H3. The summed E-state index contributed by atoms with van der Waals surface area (Å²) in [5, 5.41) is 3.21. The van der Waals surface area contributed by atoms with Gasteiger partial charge in [-0.25, -0.2) is 0 Å². The van der Waals surface area contributed by atoms with Crippen molar-refractivity contribution in [3.63, 3.8) is 0 Å². The van der Waals surface area contributed by atoms with Gasteiger partial charge in [0.1, 0.15) is 0 Å². The Morgan fingerprint density at radius 3 is 2.38 bits per heavy atom. The van der Waals surface area contributed by atoms with Crippen LogP contribution in [-0.4, -0.2) is 30.1 Å². The second-order valence-corrected chi connectivity index (χ2v) is 5.44. The maximum atomic E-state index is 11.8. The number of carbonyl (C=O) groups excluding carboxylic acids is 1. The van der Waals surface area contributed by atoms with Crippen LogP contribution in [0, 0.1) is 11.8 Å². The van der Waals surface area contributed by atoms with Crippen LogP contribution in [0.4, 0.5) is 0 Å². The van der Waals surface area contributed by atoms with Crippen LogP contribution in [0.15, 0.2) is 0 Å². The minimum absolute atomic E-state index is 0.0342. The fourth-order valence-corrected chi connectivity index (χ4v) is 2.97. The second-order valence-electron chi connectivity index (χ2n) is 5.44. The van der Waals surface area contributed by atoms with Gasteiger partial charge >= 0.3 is 0 Å². The minimum atomic E-state index is 0.0342. The Morgan fingerprint density at radius 1 is 1.25 bits per heavy atom. The maximum absolute atomic E-state index is 11.8. The van der Waals surface area contributed by atoms with Crippen LogP contribution in [0.5, 0.6) is 0 Å². The number of nitrogens with zero attached hydrogens (tertiary/aromatic N) is 1. The van der Waals surface area contributed by atoms with Crippen molar-refractivity contribution in [2.75, 3.05) is 13.2 Å². The molecular formula is C13H24N2O. The van der Waals surface area contributed by atoms with Crippen molar-refractivity contribution in [1.82, 2.24) is 10.2 Å². The van der Waals surface area contributed by atoms with Crippen molar-refractivity contribution in [2.45, 2.75) is 52.0 Å². The van der Waals surface area contributed by atoms with Crippen molar-refractivity contribution in [1.29, 1.82) is 0 Å². The SMILES string of the molecule is CCC1CCC(CN2CNC(C)C2=O)CC1. The Morgan fingerprint density at radius 2 is 1.88 bits per heavy atom. The van der Waals surface area contributed by atoms with E-state index in [1.54, 1.807) is 0 Å². The molecule has 2 fully saturated rings. The fraction of sp³-hybridized carbons (Fsp3) is 0.923. The summed E-state index contributed by atoms with van der Waals surface area (Å²) in [5.74, 6) is 1.99. The van der Waals surface area contributed by atoms with Gasteiger partial charge in [0, 0.05) is 6.54 Å². The molecular weight excluding hydrogens is 200 g/mol. The van der Waals surface area contributed by atoms with Crippen LogP contribution < -0.4 is 5.32 Å². The van der Waals surface area contributed by atoms with Gasteiger partial charge in [-0.15, -0.1) is 0 Å². The Hall–Kier alpha value is -0.570. The first-order valence-electron chi connectivity index (χ1n) is 6.73. The van der Waals surface area contributed by atoms with Gasteiger partial charge in [0.25, 0.3) is 0 Å². The van der Waals surface area contributed by atoms with E-state index in [2.05, 4.69) is 12.2 Å². The van der Waals surface area contributed by atoms with E-state index in [9.17, 15) is 4.79 Å². The number of carbonyl (C=O) groups is 1. The number of hydrogen-bond donors (Lipinski definition) is 1. The Balaban J connectivity index is 1.77. The van der Waals surface area contributed by atoms with Gasteiger partial charge in [0.2, 0.25) is 5.91 Å². The lowest BCUT2D eigenvalue weighted by Gasteiger charge is -2.30. The lowest BCUT2D eigenvalue weighted by molar-refractivity contribution is -0.129. The Kier molecular flexibility index (Phi) is 3.85. The van der Waals surface area contributed by atoms with Crippen LogP contribution >= 0.6 is 0 Å². The molecule has 0 spiro atoms. The summed E-state index contributed by atoms with van der Waals surface area (Å²) in [6.07, 6.45) is 6.69. The molecule has 1 atom stereocenters. The zero-order valence-corrected chi connectivity index (χ0v) is 10.5. The topological polar surface area (TPSA) is 32.3 Å². The summed E-state index contributed by atoms with van der Waals surface area (Å²) in [6.45, 7) is 5.98. The van der Waals surface area contributed by atoms with Crippen LogP contribution in [0.25, 0.3) is 0 Å². The highest BCUT2D eigenvalue weighted by atomic mass is 16.2. The third kappa shape index (κ3) is 2.57. The summed E-state index contributed by atoms with van der Waals surface area (Å²) >= 11 is 0.